The largest absolute Gasteiger partial charge is 0.401 e. The first-order chi connectivity index (χ1) is 14.3. The lowest BCUT2D eigenvalue weighted by atomic mass is 9.92. The molecule has 0 unspecified atom stereocenters. The molecule has 30 heavy (non-hydrogen) atoms. The molecular formula is C24H30N4O2. The molecule has 158 valence electrons. The normalized spacial score (nSPS) is 16.9. The summed E-state index contributed by atoms with van der Waals surface area (Å²) in [5, 5.41) is 15.1. The molecule has 2 aromatic rings. The Balaban J connectivity index is 1.79. The number of amidine groups is 1. The fourth-order valence-corrected chi connectivity index (χ4v) is 3.29. The third kappa shape index (κ3) is 5.48. The van der Waals surface area contributed by atoms with E-state index >= 15 is 0 Å². The van der Waals surface area contributed by atoms with Crippen molar-refractivity contribution in [3.8, 4) is 0 Å². The Hall–Kier alpha value is -3.12. The van der Waals surface area contributed by atoms with Crippen molar-refractivity contribution in [1.82, 2.24) is 10.6 Å². The predicted molar refractivity (Wildman–Crippen MR) is 120 cm³/mol. The van der Waals surface area contributed by atoms with E-state index in [1.807, 2.05) is 32.9 Å². The van der Waals surface area contributed by atoms with E-state index in [1.165, 1.54) is 5.56 Å². The molecule has 0 aromatic heterocycles. The van der Waals surface area contributed by atoms with Crippen LogP contribution in [0.1, 0.15) is 49.9 Å². The van der Waals surface area contributed by atoms with Crippen molar-refractivity contribution in [3.63, 3.8) is 0 Å². The van der Waals surface area contributed by atoms with Gasteiger partial charge in [-0.1, -0.05) is 57.2 Å². The van der Waals surface area contributed by atoms with Gasteiger partial charge in [-0.05, 0) is 41.7 Å². The van der Waals surface area contributed by atoms with Crippen LogP contribution in [0.5, 0.6) is 0 Å². The maximum Gasteiger partial charge on any atom is 0.320 e. The van der Waals surface area contributed by atoms with Gasteiger partial charge in [-0.25, -0.2) is 9.79 Å². The highest BCUT2D eigenvalue weighted by atomic mass is 16.3. The SMILES string of the molecule is CC(C)(C)/C(N)=C/C(=Nc1ccc(CO)cc1)NC(=O)N[C@H]1CCc2ccccc21. The highest BCUT2D eigenvalue weighted by Gasteiger charge is 2.24. The number of aliphatic hydroxyl groups excluding tert-OH is 1. The van der Waals surface area contributed by atoms with Crippen molar-refractivity contribution in [2.75, 3.05) is 0 Å². The number of nitrogens with zero attached hydrogens (tertiary/aromatic N) is 1. The highest BCUT2D eigenvalue weighted by Crippen LogP contribution is 2.30. The summed E-state index contributed by atoms with van der Waals surface area (Å²) in [6.07, 6.45) is 3.53. The summed E-state index contributed by atoms with van der Waals surface area (Å²) in [7, 11) is 0. The fraction of sp³-hybridized carbons (Fsp3) is 0.333. The second kappa shape index (κ2) is 9.13. The number of aliphatic hydroxyl groups is 1. The number of benzene rings is 2. The zero-order valence-electron chi connectivity index (χ0n) is 17.8. The molecule has 6 nitrogen and oxygen atoms in total. The molecule has 0 fully saturated rings. The van der Waals surface area contributed by atoms with Gasteiger partial charge in [0.2, 0.25) is 0 Å². The lowest BCUT2D eigenvalue weighted by Crippen LogP contribution is -2.40. The highest BCUT2D eigenvalue weighted by molar-refractivity contribution is 6.05. The van der Waals surface area contributed by atoms with E-state index in [4.69, 9.17) is 5.73 Å². The minimum absolute atomic E-state index is 0.0183. The summed E-state index contributed by atoms with van der Waals surface area (Å²) in [6, 6.07) is 15.0. The molecule has 0 spiro atoms. The van der Waals surface area contributed by atoms with Gasteiger partial charge in [0, 0.05) is 17.2 Å². The van der Waals surface area contributed by atoms with Crippen LogP contribution >= 0.6 is 0 Å². The molecule has 5 N–H and O–H groups in total. The Labute approximate surface area is 177 Å². The number of amides is 2. The maximum atomic E-state index is 12.7. The van der Waals surface area contributed by atoms with E-state index in [1.54, 1.807) is 30.3 Å². The van der Waals surface area contributed by atoms with Crippen molar-refractivity contribution in [2.24, 2.45) is 16.1 Å². The van der Waals surface area contributed by atoms with E-state index in [9.17, 15) is 9.90 Å². The molecule has 0 radical (unpaired) electrons. The number of carbonyl (C=O) groups excluding carboxylic acids is 1. The number of aryl methyl sites for hydroxylation is 1. The summed E-state index contributed by atoms with van der Waals surface area (Å²) in [4.78, 5) is 17.3. The molecule has 0 bridgehead atoms. The van der Waals surface area contributed by atoms with E-state index in [0.717, 1.165) is 24.0 Å². The standard InChI is InChI=1S/C24H30N4O2/c1-24(2,3)21(25)14-22(26-18-11-8-16(15-29)9-12-18)28-23(30)27-20-13-10-17-6-4-5-7-19(17)20/h4-9,11-12,14,20,29H,10,13,15,25H2,1-3H3,(H2,26,27,28,30)/b21-14-/t20-/m0/s1. The number of hydrogen-bond acceptors (Lipinski definition) is 4. The second-order valence-electron chi connectivity index (χ2n) is 8.56. The monoisotopic (exact) mass is 406 g/mol. The molecule has 2 aromatic carbocycles. The zero-order valence-corrected chi connectivity index (χ0v) is 17.8. The average Bonchev–Trinajstić information content (AvgIpc) is 3.10. The van der Waals surface area contributed by atoms with Crippen LogP contribution in [0.3, 0.4) is 0 Å². The first kappa shape index (κ1) is 21.6. The number of rotatable bonds is 4. The fourth-order valence-electron chi connectivity index (χ4n) is 3.29. The van der Waals surface area contributed by atoms with Crippen molar-refractivity contribution >= 4 is 17.6 Å². The molecule has 0 heterocycles. The topological polar surface area (TPSA) is 99.7 Å². The number of urea groups is 1. The van der Waals surface area contributed by atoms with E-state index < -0.39 is 0 Å². The average molecular weight is 407 g/mol. The van der Waals surface area contributed by atoms with E-state index in [0.29, 0.717) is 17.2 Å². The smallest absolute Gasteiger partial charge is 0.320 e. The molecular weight excluding hydrogens is 376 g/mol. The number of nitrogens with two attached hydrogens (primary N) is 1. The number of nitrogens with one attached hydrogen (secondary N) is 2. The van der Waals surface area contributed by atoms with Crippen molar-refractivity contribution in [3.05, 3.63) is 77.0 Å². The molecule has 2 amide bonds. The number of hydrogen-bond donors (Lipinski definition) is 4. The summed E-state index contributed by atoms with van der Waals surface area (Å²) in [5.74, 6) is 0.364. The van der Waals surface area contributed by atoms with Gasteiger partial charge in [-0.15, -0.1) is 0 Å². The Morgan fingerprint density at radius 1 is 1.20 bits per heavy atom. The van der Waals surface area contributed by atoms with Gasteiger partial charge in [-0.2, -0.15) is 0 Å². The van der Waals surface area contributed by atoms with Gasteiger partial charge in [0.1, 0.15) is 5.84 Å². The van der Waals surface area contributed by atoms with Gasteiger partial charge < -0.3 is 16.2 Å². The molecule has 3 rings (SSSR count). The minimum Gasteiger partial charge on any atom is -0.401 e. The Kier molecular flexibility index (Phi) is 6.57. The Morgan fingerprint density at radius 3 is 2.57 bits per heavy atom. The van der Waals surface area contributed by atoms with E-state index in [-0.39, 0.29) is 24.1 Å². The summed E-state index contributed by atoms with van der Waals surface area (Å²) >= 11 is 0. The van der Waals surface area contributed by atoms with Crippen molar-refractivity contribution < 1.29 is 9.90 Å². The van der Waals surface area contributed by atoms with Crippen LogP contribution in [0.25, 0.3) is 0 Å². The Bertz CT molecular complexity index is 956. The minimum atomic E-state index is -0.319. The number of carbonyl (C=O) groups is 1. The molecule has 1 aliphatic carbocycles. The van der Waals surface area contributed by atoms with Crippen LogP contribution in [-0.2, 0) is 13.0 Å². The second-order valence-corrected chi connectivity index (χ2v) is 8.56. The van der Waals surface area contributed by atoms with Crippen LogP contribution < -0.4 is 16.4 Å². The first-order valence-corrected chi connectivity index (χ1v) is 10.2. The van der Waals surface area contributed by atoms with Gasteiger partial charge in [-0.3, -0.25) is 5.32 Å². The van der Waals surface area contributed by atoms with E-state index in [2.05, 4.69) is 27.8 Å². The predicted octanol–water partition coefficient (Wildman–Crippen LogP) is 4.08. The third-order valence-corrected chi connectivity index (χ3v) is 5.21. The lowest BCUT2D eigenvalue weighted by molar-refractivity contribution is 0.241. The zero-order chi connectivity index (χ0) is 21.7. The third-order valence-electron chi connectivity index (χ3n) is 5.21. The van der Waals surface area contributed by atoms with Crippen LogP contribution in [0.2, 0.25) is 0 Å². The van der Waals surface area contributed by atoms with Crippen molar-refractivity contribution in [1.29, 1.82) is 0 Å². The number of fused-ring (bicyclic) bond motifs is 1. The summed E-state index contributed by atoms with van der Waals surface area (Å²) in [5.41, 5.74) is 10.5. The summed E-state index contributed by atoms with van der Waals surface area (Å²) in [6.45, 7) is 5.98. The van der Waals surface area contributed by atoms with Gasteiger partial charge in [0.05, 0.1) is 18.3 Å². The molecule has 0 saturated carbocycles. The molecule has 0 saturated heterocycles. The quantitative estimate of drug-likeness (QED) is 0.455. The van der Waals surface area contributed by atoms with Gasteiger partial charge >= 0.3 is 6.03 Å². The summed E-state index contributed by atoms with van der Waals surface area (Å²) < 4.78 is 0. The van der Waals surface area contributed by atoms with Gasteiger partial charge in [0.25, 0.3) is 0 Å². The van der Waals surface area contributed by atoms with Crippen LogP contribution in [0.4, 0.5) is 10.5 Å². The number of aliphatic imine (C=N–C) groups is 1. The van der Waals surface area contributed by atoms with Crippen LogP contribution in [-0.4, -0.2) is 17.0 Å². The lowest BCUT2D eigenvalue weighted by Gasteiger charge is -2.20. The number of allylic oxidation sites excluding steroid dienone is 1. The van der Waals surface area contributed by atoms with Gasteiger partial charge in [0.15, 0.2) is 0 Å². The molecule has 6 heteroatoms. The molecule has 0 aliphatic heterocycles. The van der Waals surface area contributed by atoms with Crippen molar-refractivity contribution in [2.45, 2.75) is 46.3 Å². The van der Waals surface area contributed by atoms with Crippen LogP contribution in [0, 0.1) is 5.41 Å². The van der Waals surface area contributed by atoms with Crippen LogP contribution in [0.15, 0.2) is 65.3 Å². The maximum absolute atomic E-state index is 12.7. The molecule has 1 aliphatic rings. The first-order valence-electron chi connectivity index (χ1n) is 10.2. The Morgan fingerprint density at radius 2 is 1.90 bits per heavy atom. The molecule has 1 atom stereocenters.